The lowest BCUT2D eigenvalue weighted by atomic mass is 10.0. The van der Waals surface area contributed by atoms with Crippen LogP contribution in [0.25, 0.3) is 11.5 Å². The molecule has 98 valence electrons. The average Bonchev–Trinajstić information content (AvgIpc) is 2.97. The van der Waals surface area contributed by atoms with Gasteiger partial charge >= 0.3 is 0 Å². The Morgan fingerprint density at radius 2 is 2.28 bits per heavy atom. The van der Waals surface area contributed by atoms with E-state index in [4.69, 9.17) is 15.0 Å². The molecule has 2 N–H and O–H groups in total. The molecule has 5 nitrogen and oxygen atoms in total. The van der Waals surface area contributed by atoms with Gasteiger partial charge in [0.05, 0.1) is 10.6 Å². The average molecular weight is 267 g/mol. The highest BCUT2D eigenvalue weighted by Crippen LogP contribution is 2.32. The minimum Gasteiger partial charge on any atom is -0.390 e. The first-order valence-electron chi connectivity index (χ1n) is 5.92. The van der Waals surface area contributed by atoms with Crippen molar-refractivity contribution in [3.63, 3.8) is 0 Å². The normalized spacial score (nSPS) is 14.6. The molecule has 0 aliphatic carbocycles. The second-order valence-electron chi connectivity index (χ2n) is 4.14. The summed E-state index contributed by atoms with van der Waals surface area (Å²) in [4.78, 5) is 4.40. The van der Waals surface area contributed by atoms with Gasteiger partial charge in [-0.15, -0.1) is 11.3 Å². The van der Waals surface area contributed by atoms with Crippen molar-refractivity contribution in [2.24, 2.45) is 0 Å². The van der Waals surface area contributed by atoms with Crippen LogP contribution >= 0.6 is 11.3 Å². The zero-order valence-corrected chi connectivity index (χ0v) is 11.6. The number of nitrogens with two attached hydrogens (primary N) is 1. The second-order valence-corrected chi connectivity index (χ2v) is 5.09. The molecule has 2 aromatic rings. The van der Waals surface area contributed by atoms with Gasteiger partial charge in [0.25, 0.3) is 5.89 Å². The van der Waals surface area contributed by atoms with E-state index in [0.29, 0.717) is 23.3 Å². The van der Waals surface area contributed by atoms with E-state index >= 15 is 0 Å². The van der Waals surface area contributed by atoms with Crippen LogP contribution in [-0.4, -0.2) is 16.7 Å². The number of hydrogen-bond acceptors (Lipinski definition) is 6. The van der Waals surface area contributed by atoms with Crippen molar-refractivity contribution >= 4 is 16.3 Å². The first-order valence-corrected chi connectivity index (χ1v) is 6.80. The van der Waals surface area contributed by atoms with Gasteiger partial charge in [0.15, 0.2) is 0 Å². The molecule has 0 aliphatic heterocycles. The fraction of sp³-hybridized carbons (Fsp3) is 0.500. The number of hydrogen-bond donors (Lipinski definition) is 1. The van der Waals surface area contributed by atoms with Crippen molar-refractivity contribution in [3.05, 3.63) is 17.3 Å². The zero-order chi connectivity index (χ0) is 13.2. The predicted molar refractivity (Wildman–Crippen MR) is 71.3 cm³/mol. The van der Waals surface area contributed by atoms with Crippen LogP contribution in [0.1, 0.15) is 33.0 Å². The molecule has 0 saturated carbocycles. The molecule has 0 spiro atoms. The third-order valence-electron chi connectivity index (χ3n) is 2.96. The van der Waals surface area contributed by atoms with Crippen molar-refractivity contribution in [1.29, 1.82) is 0 Å². The van der Waals surface area contributed by atoms with Gasteiger partial charge in [-0.1, -0.05) is 12.1 Å². The van der Waals surface area contributed by atoms with Gasteiger partial charge in [-0.2, -0.15) is 4.98 Å². The van der Waals surface area contributed by atoms with Crippen LogP contribution in [0.2, 0.25) is 0 Å². The maximum Gasteiger partial charge on any atom is 0.261 e. The van der Waals surface area contributed by atoms with Gasteiger partial charge in [0.1, 0.15) is 5.60 Å². The smallest absolute Gasteiger partial charge is 0.261 e. The molecule has 0 amide bonds. The van der Waals surface area contributed by atoms with Crippen molar-refractivity contribution in [2.45, 2.75) is 32.8 Å². The number of ether oxygens (including phenoxy) is 1. The van der Waals surface area contributed by atoms with Gasteiger partial charge in [-0.05, 0) is 31.7 Å². The molecule has 18 heavy (non-hydrogen) atoms. The number of thiophene rings is 1. The second kappa shape index (κ2) is 5.07. The summed E-state index contributed by atoms with van der Waals surface area (Å²) in [5.74, 6) is 1.01. The van der Waals surface area contributed by atoms with Crippen molar-refractivity contribution < 1.29 is 9.26 Å². The molecule has 0 aliphatic rings. The highest BCUT2D eigenvalue weighted by atomic mass is 32.1. The highest BCUT2D eigenvalue weighted by molar-refractivity contribution is 7.14. The quantitative estimate of drug-likeness (QED) is 0.901. The standard InChI is InChI=1S/C12H17N3O2S/c1-4-12(3,16-5-2)11-14-10(17-15-11)8-6-7-18-9(8)13/h6-7H,4-5,13H2,1-3H3. The van der Waals surface area contributed by atoms with E-state index < -0.39 is 5.60 Å². The first kappa shape index (κ1) is 13.0. The molecule has 0 saturated heterocycles. The van der Waals surface area contributed by atoms with E-state index in [-0.39, 0.29) is 0 Å². The summed E-state index contributed by atoms with van der Waals surface area (Å²) in [6.45, 7) is 6.55. The fourth-order valence-electron chi connectivity index (χ4n) is 1.69. The van der Waals surface area contributed by atoms with Gasteiger partial charge in [-0.25, -0.2) is 0 Å². The van der Waals surface area contributed by atoms with Crippen LogP contribution in [-0.2, 0) is 10.3 Å². The summed E-state index contributed by atoms with van der Waals surface area (Å²) in [6, 6.07) is 1.88. The summed E-state index contributed by atoms with van der Waals surface area (Å²) >= 11 is 1.45. The van der Waals surface area contributed by atoms with Crippen molar-refractivity contribution in [2.75, 3.05) is 12.3 Å². The third-order valence-corrected chi connectivity index (χ3v) is 3.71. The van der Waals surface area contributed by atoms with E-state index in [1.54, 1.807) is 0 Å². The third kappa shape index (κ3) is 2.26. The Hall–Kier alpha value is -1.40. The molecule has 0 aromatic carbocycles. The molecule has 2 heterocycles. The van der Waals surface area contributed by atoms with Crippen LogP contribution in [0.5, 0.6) is 0 Å². The largest absolute Gasteiger partial charge is 0.390 e. The molecule has 1 atom stereocenters. The van der Waals surface area contributed by atoms with Crippen LogP contribution in [0.4, 0.5) is 5.00 Å². The van der Waals surface area contributed by atoms with E-state index in [1.807, 2.05) is 32.2 Å². The Kier molecular flexibility index (Phi) is 3.68. The first-order chi connectivity index (χ1) is 8.60. The molecule has 2 rings (SSSR count). The lowest BCUT2D eigenvalue weighted by Crippen LogP contribution is -2.26. The summed E-state index contributed by atoms with van der Waals surface area (Å²) < 4.78 is 11.0. The topological polar surface area (TPSA) is 74.2 Å². The van der Waals surface area contributed by atoms with E-state index in [1.165, 1.54) is 11.3 Å². The van der Waals surface area contributed by atoms with E-state index in [2.05, 4.69) is 10.1 Å². The predicted octanol–water partition coefficient (Wildman–Crippen LogP) is 3.04. The van der Waals surface area contributed by atoms with Crippen molar-refractivity contribution in [1.82, 2.24) is 10.1 Å². The molecule has 0 fully saturated rings. The minimum absolute atomic E-state index is 0.447. The molecule has 1 unspecified atom stereocenters. The maximum atomic E-state index is 5.84. The Morgan fingerprint density at radius 3 is 2.83 bits per heavy atom. The summed E-state index contributed by atoms with van der Waals surface area (Å²) in [6.07, 6.45) is 0.777. The summed E-state index contributed by atoms with van der Waals surface area (Å²) in [5.41, 5.74) is 6.11. The molecule has 6 heteroatoms. The molecular formula is C12H17N3O2S. The van der Waals surface area contributed by atoms with Crippen LogP contribution in [0.15, 0.2) is 16.0 Å². The highest BCUT2D eigenvalue weighted by Gasteiger charge is 2.31. The summed E-state index contributed by atoms with van der Waals surface area (Å²) in [5, 5.41) is 6.59. The zero-order valence-electron chi connectivity index (χ0n) is 10.8. The molecular weight excluding hydrogens is 250 g/mol. The molecule has 2 aromatic heterocycles. The molecule has 0 radical (unpaired) electrons. The van der Waals surface area contributed by atoms with Gasteiger partial charge < -0.3 is 15.0 Å². The van der Waals surface area contributed by atoms with Gasteiger partial charge in [0.2, 0.25) is 5.82 Å². The van der Waals surface area contributed by atoms with E-state index in [9.17, 15) is 0 Å². The Bertz CT molecular complexity index is 523. The minimum atomic E-state index is -0.513. The van der Waals surface area contributed by atoms with Gasteiger partial charge in [0, 0.05) is 6.61 Å². The number of anilines is 1. The van der Waals surface area contributed by atoms with Crippen LogP contribution in [0.3, 0.4) is 0 Å². The molecule has 0 bridgehead atoms. The Morgan fingerprint density at radius 1 is 1.50 bits per heavy atom. The lowest BCUT2D eigenvalue weighted by molar-refractivity contribution is -0.0403. The monoisotopic (exact) mass is 267 g/mol. The van der Waals surface area contributed by atoms with Crippen molar-refractivity contribution in [3.8, 4) is 11.5 Å². The van der Waals surface area contributed by atoms with Crippen LogP contribution in [0, 0.1) is 0 Å². The number of nitrogens with zero attached hydrogens (tertiary/aromatic N) is 2. The van der Waals surface area contributed by atoms with E-state index in [0.717, 1.165) is 12.0 Å². The number of aromatic nitrogens is 2. The lowest BCUT2D eigenvalue weighted by Gasteiger charge is -2.23. The fourth-order valence-corrected chi connectivity index (χ4v) is 2.32. The summed E-state index contributed by atoms with van der Waals surface area (Å²) in [7, 11) is 0. The van der Waals surface area contributed by atoms with Crippen LogP contribution < -0.4 is 5.73 Å². The SMILES string of the molecule is CCOC(C)(CC)c1noc(-c2ccsc2N)n1. The maximum absolute atomic E-state index is 5.84. The van der Waals surface area contributed by atoms with Gasteiger partial charge in [-0.3, -0.25) is 0 Å². The Balaban J connectivity index is 2.33. The number of rotatable bonds is 5. The number of nitrogen functional groups attached to an aromatic ring is 1. The Labute approximate surface area is 110 Å².